The topological polar surface area (TPSA) is 165 Å². The van der Waals surface area contributed by atoms with E-state index in [4.69, 9.17) is 0 Å². The molecule has 6 rings (SSSR count). The molecular weight excluding hydrogens is 733 g/mol. The second-order valence-electron chi connectivity index (χ2n) is 15.0. The largest absolute Gasteiger partial charge is 0.505 e. The number of hydrogen-bond acceptors (Lipinski definition) is 11. The molecule has 57 heavy (non-hydrogen) atoms. The first-order valence-corrected chi connectivity index (χ1v) is 18.5. The predicted molar refractivity (Wildman–Crippen MR) is 214 cm³/mol. The Morgan fingerprint density at radius 3 is 1.58 bits per heavy atom. The van der Waals surface area contributed by atoms with E-state index in [2.05, 4.69) is 25.9 Å². The van der Waals surface area contributed by atoms with Crippen LogP contribution in [0.2, 0.25) is 0 Å². The van der Waals surface area contributed by atoms with Crippen molar-refractivity contribution in [1.82, 2.24) is 25.8 Å². The lowest BCUT2D eigenvalue weighted by molar-refractivity contribution is -0.126. The van der Waals surface area contributed by atoms with E-state index in [1.807, 2.05) is 74.5 Å². The molecule has 2 heterocycles. The van der Waals surface area contributed by atoms with Crippen molar-refractivity contribution in [2.45, 2.75) is 77.2 Å². The zero-order valence-corrected chi connectivity index (χ0v) is 32.1. The van der Waals surface area contributed by atoms with Crippen molar-refractivity contribution in [3.8, 4) is 0 Å². The molecule has 2 atom stereocenters. The van der Waals surface area contributed by atoms with Gasteiger partial charge in [0.15, 0.2) is 23.7 Å². The molecule has 0 radical (unpaired) electrons. The highest BCUT2D eigenvalue weighted by Gasteiger charge is 2.52. The van der Waals surface area contributed by atoms with Gasteiger partial charge in [-0.05, 0) is 74.2 Å². The molecule has 0 aliphatic carbocycles. The number of aliphatic hydroxyl groups excluding tert-OH is 4. The van der Waals surface area contributed by atoms with E-state index in [0.717, 1.165) is 11.1 Å². The highest BCUT2D eigenvalue weighted by Crippen LogP contribution is 2.36. The second kappa shape index (κ2) is 16.9. The average molecular weight is 780 g/mol. The van der Waals surface area contributed by atoms with Crippen LogP contribution in [0.5, 0.6) is 0 Å². The summed E-state index contributed by atoms with van der Waals surface area (Å²) < 4.78 is 27.9. The third-order valence-corrected chi connectivity index (χ3v) is 9.91. The van der Waals surface area contributed by atoms with Gasteiger partial charge in [-0.25, -0.2) is 8.78 Å². The minimum absolute atomic E-state index is 0.0143. The minimum Gasteiger partial charge on any atom is -0.505 e. The van der Waals surface area contributed by atoms with Gasteiger partial charge in [-0.15, -0.1) is 0 Å². The summed E-state index contributed by atoms with van der Waals surface area (Å²) in [6, 6.07) is 28.6. The van der Waals surface area contributed by atoms with E-state index >= 15 is 0 Å². The molecule has 12 nitrogen and oxygen atoms in total. The van der Waals surface area contributed by atoms with Gasteiger partial charge in [-0.3, -0.25) is 4.79 Å². The molecule has 0 spiro atoms. The van der Waals surface area contributed by atoms with Gasteiger partial charge in [0, 0.05) is 26.2 Å². The smallest absolute Gasteiger partial charge is 0.255 e. The first kappa shape index (κ1) is 40.4. The first-order valence-electron chi connectivity index (χ1n) is 18.5. The Morgan fingerprint density at radius 1 is 0.614 bits per heavy atom. The maximum atomic E-state index is 14.5. The summed E-state index contributed by atoms with van der Waals surface area (Å²) in [5.41, 5.74) is 0.770. The van der Waals surface area contributed by atoms with Crippen molar-refractivity contribution < 1.29 is 34.0 Å². The van der Waals surface area contributed by atoms with Gasteiger partial charge in [-0.2, -0.15) is 9.98 Å². The molecule has 14 heteroatoms. The molecule has 2 aliphatic heterocycles. The number of amides is 1. The summed E-state index contributed by atoms with van der Waals surface area (Å²) in [6.45, 7) is 7.78. The molecule has 0 saturated carbocycles. The zero-order valence-electron chi connectivity index (χ0n) is 32.1. The number of aliphatic hydroxyl groups is 4. The monoisotopic (exact) mass is 779 g/mol. The molecular formula is C43H47F2N7O5. The number of hydrogen-bond donors (Lipinski definition) is 7. The fourth-order valence-corrected chi connectivity index (χ4v) is 6.77. The summed E-state index contributed by atoms with van der Waals surface area (Å²) in [7, 11) is 0. The number of aliphatic imine (C=N–C) groups is 2. The lowest BCUT2D eigenvalue weighted by Crippen LogP contribution is -2.70. The van der Waals surface area contributed by atoms with Crippen molar-refractivity contribution in [2.24, 2.45) is 9.98 Å². The Hall–Kier alpha value is -6.25. The maximum absolute atomic E-state index is 14.5. The molecule has 2 unspecified atom stereocenters. The Bertz CT molecular complexity index is 2170. The van der Waals surface area contributed by atoms with Crippen LogP contribution in [0, 0.1) is 11.6 Å². The van der Waals surface area contributed by atoms with Crippen molar-refractivity contribution in [2.75, 3.05) is 0 Å². The average Bonchev–Trinajstić information content (AvgIpc) is 3.20. The van der Waals surface area contributed by atoms with Crippen LogP contribution in [-0.2, 0) is 31.0 Å². The Morgan fingerprint density at radius 2 is 1.05 bits per heavy atom. The van der Waals surface area contributed by atoms with E-state index in [9.17, 15) is 34.0 Å². The number of benzene rings is 4. The summed E-state index contributed by atoms with van der Waals surface area (Å²) in [5, 5.41) is 56.0. The number of halogens is 2. The summed E-state index contributed by atoms with van der Waals surface area (Å²) in [6.07, 6.45) is -1.51. The molecule has 0 fully saturated rings. The highest BCUT2D eigenvalue weighted by molar-refractivity contribution is 6.00. The normalized spacial score (nSPS) is 17.7. The Labute approximate surface area is 330 Å². The van der Waals surface area contributed by atoms with Crippen LogP contribution in [0.25, 0.3) is 0 Å². The van der Waals surface area contributed by atoms with Crippen molar-refractivity contribution in [3.63, 3.8) is 0 Å². The molecule has 1 amide bonds. The van der Waals surface area contributed by atoms with Gasteiger partial charge >= 0.3 is 0 Å². The molecule has 0 bridgehead atoms. The molecule has 298 valence electrons. The van der Waals surface area contributed by atoms with Gasteiger partial charge in [0.25, 0.3) is 17.7 Å². The molecule has 0 aromatic heterocycles. The van der Waals surface area contributed by atoms with Gasteiger partial charge < -0.3 is 46.2 Å². The van der Waals surface area contributed by atoms with Crippen molar-refractivity contribution in [1.29, 1.82) is 0 Å². The fourth-order valence-electron chi connectivity index (χ4n) is 6.77. The fraction of sp³-hybridized carbons (Fsp3) is 0.279. The van der Waals surface area contributed by atoms with Crippen LogP contribution in [0.15, 0.2) is 142 Å². The van der Waals surface area contributed by atoms with E-state index in [0.29, 0.717) is 24.2 Å². The first-order chi connectivity index (χ1) is 27.1. The van der Waals surface area contributed by atoms with E-state index in [-0.39, 0.29) is 24.8 Å². The molecule has 7 N–H and O–H groups in total. The van der Waals surface area contributed by atoms with Crippen LogP contribution < -0.4 is 16.0 Å². The number of carbonyl (C=O) groups excluding carboxylic acids is 1. The molecule has 2 aliphatic rings. The Kier molecular flexibility index (Phi) is 12.0. The molecule has 0 saturated heterocycles. The standard InChI is InChI=1S/C43H47F2N7O5/c1-42(2,47-24-27-11-7-5-8-12-27)40-49-38(57)35(54)39(51(40)26-30-17-21-32(45)22-18-30)52-33(36(55)46-23-29-15-19-31(44)20-16-29)34(53)37(56)50-41(52)43(3,4)48-25-28-13-9-6-10-14-28/h5-22,33,39,47-48,53-54,56-57H,23-26H2,1-4H3,(H,46,55). The second-order valence-corrected chi connectivity index (χ2v) is 15.0. The van der Waals surface area contributed by atoms with Crippen molar-refractivity contribution in [3.05, 3.63) is 166 Å². The number of rotatable bonds is 14. The van der Waals surface area contributed by atoms with Crippen LogP contribution in [0.1, 0.15) is 49.9 Å². The third kappa shape index (κ3) is 9.25. The van der Waals surface area contributed by atoms with Crippen molar-refractivity contribution >= 4 is 17.6 Å². The number of carbonyl (C=O) groups is 1. The Balaban J connectivity index is 1.48. The minimum atomic E-state index is -1.74. The van der Waals surface area contributed by atoms with Crippen LogP contribution in [0.4, 0.5) is 8.78 Å². The van der Waals surface area contributed by atoms with E-state index in [1.54, 1.807) is 30.9 Å². The quantitative estimate of drug-likeness (QED) is 0.0746. The predicted octanol–water partition coefficient (Wildman–Crippen LogP) is 6.61. The molecule has 4 aromatic carbocycles. The zero-order chi connectivity index (χ0) is 40.9. The highest BCUT2D eigenvalue weighted by atomic mass is 19.1. The van der Waals surface area contributed by atoms with Crippen LogP contribution in [-0.4, -0.2) is 71.1 Å². The lowest BCUT2D eigenvalue weighted by Gasteiger charge is -2.51. The number of nitrogens with zero attached hydrogens (tertiary/aromatic N) is 4. The van der Waals surface area contributed by atoms with E-state index < -0.39 is 64.1 Å². The van der Waals surface area contributed by atoms with Crippen LogP contribution in [0.3, 0.4) is 0 Å². The SMILES string of the molecule is CC(C)(NCc1ccccc1)C1=NC(O)=C(O)C(N2C(C(C)(C)NCc3ccccc3)=NC(O)=C(O)C2C(=O)NCc2ccc(F)cc2)N1Cc1ccc(F)cc1. The van der Waals surface area contributed by atoms with E-state index in [1.165, 1.54) is 41.3 Å². The lowest BCUT2D eigenvalue weighted by atomic mass is 9.94. The van der Waals surface area contributed by atoms with Gasteiger partial charge in [-0.1, -0.05) is 84.9 Å². The summed E-state index contributed by atoms with van der Waals surface area (Å²) >= 11 is 0. The molecule has 4 aromatic rings. The number of nitrogens with one attached hydrogen (secondary N) is 3. The van der Waals surface area contributed by atoms with Crippen LogP contribution >= 0.6 is 0 Å². The van der Waals surface area contributed by atoms with Gasteiger partial charge in [0.2, 0.25) is 0 Å². The number of amidine groups is 2. The summed E-state index contributed by atoms with van der Waals surface area (Å²) in [4.78, 5) is 26.4. The maximum Gasteiger partial charge on any atom is 0.255 e. The van der Waals surface area contributed by atoms with Gasteiger partial charge in [0.05, 0.1) is 11.1 Å². The third-order valence-electron chi connectivity index (χ3n) is 9.91. The summed E-state index contributed by atoms with van der Waals surface area (Å²) in [5.74, 6) is -4.59. The van der Waals surface area contributed by atoms with Gasteiger partial charge in [0.1, 0.15) is 23.3 Å².